The lowest BCUT2D eigenvalue weighted by molar-refractivity contribution is -0.532. The number of methoxy groups -OCH3 is 1. The zero-order valence-corrected chi connectivity index (χ0v) is 18.5. The Hall–Kier alpha value is -1.02. The minimum absolute atomic E-state index is 0. The molecule has 0 aliphatic carbocycles. The highest BCUT2D eigenvalue weighted by Crippen LogP contribution is 2.40. The van der Waals surface area contributed by atoms with Gasteiger partial charge >= 0.3 is 5.17 Å². The predicted octanol–water partition coefficient (Wildman–Crippen LogP) is 4.21. The number of hydrogen-bond donors (Lipinski definition) is 1. The van der Waals surface area contributed by atoms with E-state index in [0.29, 0.717) is 6.54 Å². The number of nitrogens with zero attached hydrogens (tertiary/aromatic N) is 2. The van der Waals surface area contributed by atoms with Crippen molar-refractivity contribution in [1.29, 1.82) is 0 Å². The molecule has 138 valence electrons. The fourth-order valence-electron chi connectivity index (χ4n) is 3.45. The monoisotopic (exact) mass is 499 g/mol. The number of benzene rings is 2. The first-order valence-electron chi connectivity index (χ1n) is 8.29. The maximum Gasteiger partial charge on any atom is 0.316 e. The maximum atomic E-state index is 11.7. The Bertz CT molecular complexity index is 811. The summed E-state index contributed by atoms with van der Waals surface area (Å²) in [4.78, 5) is 2.07. The van der Waals surface area contributed by atoms with Crippen molar-refractivity contribution < 1.29 is 14.4 Å². The fraction of sp³-hybridized carbons (Fsp3) is 0.316. The summed E-state index contributed by atoms with van der Waals surface area (Å²) in [6.45, 7) is 1.55. The van der Waals surface area contributed by atoms with Crippen LogP contribution in [0.5, 0.6) is 5.75 Å². The van der Waals surface area contributed by atoms with E-state index >= 15 is 0 Å². The van der Waals surface area contributed by atoms with Crippen molar-refractivity contribution in [2.75, 3.05) is 30.9 Å². The molecule has 0 radical (unpaired) electrons. The van der Waals surface area contributed by atoms with Crippen LogP contribution in [0.4, 0.5) is 5.69 Å². The number of halogens is 2. The lowest BCUT2D eigenvalue weighted by atomic mass is 10.0. The summed E-state index contributed by atoms with van der Waals surface area (Å²) in [6.07, 6.45) is 1.14. The van der Waals surface area contributed by atoms with Gasteiger partial charge in [-0.05, 0) is 66.7 Å². The van der Waals surface area contributed by atoms with Crippen molar-refractivity contribution in [2.24, 2.45) is 0 Å². The van der Waals surface area contributed by atoms with Gasteiger partial charge in [-0.2, -0.15) is 4.90 Å². The SMILES string of the molecule is Br.COc1ccc(C2(O)C[N+]3=C(SCCC3)N2c2ccc(Br)cc2)cc1. The Morgan fingerprint density at radius 1 is 1.15 bits per heavy atom. The number of anilines is 1. The van der Waals surface area contributed by atoms with Gasteiger partial charge in [0.15, 0.2) is 6.54 Å². The summed E-state index contributed by atoms with van der Waals surface area (Å²) in [5, 5.41) is 12.9. The first kappa shape index (κ1) is 19.7. The quantitative estimate of drug-likeness (QED) is 0.640. The van der Waals surface area contributed by atoms with Gasteiger partial charge in [-0.25, -0.2) is 4.58 Å². The molecule has 0 saturated heterocycles. The average Bonchev–Trinajstić information content (AvgIpc) is 2.96. The van der Waals surface area contributed by atoms with Gasteiger partial charge in [0.05, 0.1) is 13.7 Å². The van der Waals surface area contributed by atoms with E-state index in [9.17, 15) is 5.11 Å². The lowest BCUT2D eigenvalue weighted by Crippen LogP contribution is -2.46. The number of aliphatic hydroxyl groups is 1. The van der Waals surface area contributed by atoms with Crippen LogP contribution in [-0.2, 0) is 5.72 Å². The van der Waals surface area contributed by atoms with Gasteiger partial charge in [0.25, 0.3) is 5.72 Å². The van der Waals surface area contributed by atoms with Crippen LogP contribution in [0.15, 0.2) is 53.0 Å². The van der Waals surface area contributed by atoms with Gasteiger partial charge in [-0.1, -0.05) is 15.9 Å². The van der Waals surface area contributed by atoms with E-state index in [1.165, 1.54) is 0 Å². The highest BCUT2D eigenvalue weighted by atomic mass is 79.9. The zero-order valence-electron chi connectivity index (χ0n) is 14.4. The number of hydrogen-bond acceptors (Lipinski definition) is 4. The molecule has 1 unspecified atom stereocenters. The largest absolute Gasteiger partial charge is 0.497 e. The molecule has 0 amide bonds. The molecule has 2 aromatic carbocycles. The van der Waals surface area contributed by atoms with Gasteiger partial charge < -0.3 is 9.84 Å². The maximum absolute atomic E-state index is 11.7. The highest BCUT2D eigenvalue weighted by molar-refractivity contribution is 9.10. The molecular formula is C19H21Br2N2O2S+. The van der Waals surface area contributed by atoms with Crippen LogP contribution < -0.4 is 9.64 Å². The van der Waals surface area contributed by atoms with Gasteiger partial charge in [0, 0.05) is 15.8 Å². The van der Waals surface area contributed by atoms with Crippen molar-refractivity contribution in [2.45, 2.75) is 12.1 Å². The van der Waals surface area contributed by atoms with E-state index in [4.69, 9.17) is 4.74 Å². The van der Waals surface area contributed by atoms with Crippen molar-refractivity contribution in [3.05, 3.63) is 58.6 Å². The van der Waals surface area contributed by atoms with Gasteiger partial charge in [-0.15, -0.1) is 17.0 Å². The Kier molecular flexibility index (Phi) is 6.01. The summed E-state index contributed by atoms with van der Waals surface area (Å²) in [6, 6.07) is 15.8. The first-order valence-corrected chi connectivity index (χ1v) is 10.1. The zero-order chi connectivity index (χ0) is 17.4. The minimum atomic E-state index is -1.09. The van der Waals surface area contributed by atoms with Gasteiger partial charge in [0.1, 0.15) is 11.4 Å². The molecule has 1 atom stereocenters. The summed E-state index contributed by atoms with van der Waals surface area (Å²) in [5.41, 5.74) is 0.777. The molecule has 26 heavy (non-hydrogen) atoms. The third-order valence-corrected chi connectivity index (χ3v) is 6.40. The van der Waals surface area contributed by atoms with Crippen LogP contribution in [0.2, 0.25) is 0 Å². The summed E-state index contributed by atoms with van der Waals surface area (Å²) in [5.74, 6) is 1.87. The Morgan fingerprint density at radius 3 is 2.50 bits per heavy atom. The molecule has 0 aromatic heterocycles. The minimum Gasteiger partial charge on any atom is -0.497 e. The third-order valence-electron chi connectivity index (χ3n) is 4.68. The van der Waals surface area contributed by atoms with E-state index in [0.717, 1.165) is 45.4 Å². The third kappa shape index (κ3) is 3.42. The second-order valence-electron chi connectivity index (χ2n) is 6.26. The molecule has 2 aliphatic heterocycles. The van der Waals surface area contributed by atoms with E-state index in [1.54, 1.807) is 7.11 Å². The Balaban J connectivity index is 0.00000196. The molecular weight excluding hydrogens is 480 g/mol. The van der Waals surface area contributed by atoms with Crippen LogP contribution >= 0.6 is 44.7 Å². The topological polar surface area (TPSA) is 35.7 Å². The molecule has 4 nitrogen and oxygen atoms in total. The summed E-state index contributed by atoms with van der Waals surface area (Å²) < 4.78 is 8.59. The van der Waals surface area contributed by atoms with Crippen LogP contribution in [0.25, 0.3) is 0 Å². The molecule has 0 saturated carbocycles. The normalized spacial score (nSPS) is 22.0. The van der Waals surface area contributed by atoms with Crippen LogP contribution in [-0.4, -0.2) is 40.8 Å². The second-order valence-corrected chi connectivity index (χ2v) is 8.24. The fourth-order valence-corrected chi connectivity index (χ4v) is 4.89. The smallest absolute Gasteiger partial charge is 0.316 e. The van der Waals surface area contributed by atoms with Crippen LogP contribution in [0, 0.1) is 0 Å². The molecule has 7 heteroatoms. The Morgan fingerprint density at radius 2 is 1.85 bits per heavy atom. The molecule has 0 spiro atoms. The van der Waals surface area contributed by atoms with Gasteiger partial charge in [0.2, 0.25) is 0 Å². The number of ether oxygens (including phenoxy) is 1. The molecule has 2 aliphatic rings. The highest BCUT2D eigenvalue weighted by Gasteiger charge is 2.55. The predicted molar refractivity (Wildman–Crippen MR) is 116 cm³/mol. The standard InChI is InChI=1S/C19H20BrN2O2S.BrH/c1-24-17-9-3-14(4-10-17)19(23)13-21-11-2-12-25-18(21)22(19)16-7-5-15(20)6-8-16;/h3-10,23H,2,11-13H2,1H3;1H/q+1;. The first-order chi connectivity index (χ1) is 12.1. The summed E-state index contributed by atoms with van der Waals surface area (Å²) in [7, 11) is 1.65. The summed E-state index contributed by atoms with van der Waals surface area (Å²) >= 11 is 5.31. The number of rotatable bonds is 3. The molecule has 0 bridgehead atoms. The van der Waals surface area contributed by atoms with E-state index < -0.39 is 5.72 Å². The van der Waals surface area contributed by atoms with E-state index in [1.807, 2.05) is 60.3 Å². The van der Waals surface area contributed by atoms with Crippen LogP contribution in [0.1, 0.15) is 12.0 Å². The van der Waals surface area contributed by atoms with Crippen molar-refractivity contribution in [3.63, 3.8) is 0 Å². The second kappa shape index (κ2) is 7.92. The number of thioether (sulfide) groups is 1. The lowest BCUT2D eigenvalue weighted by Gasteiger charge is -2.28. The number of amidine groups is 1. The van der Waals surface area contributed by atoms with Crippen LogP contribution in [0.3, 0.4) is 0 Å². The average molecular weight is 501 g/mol. The molecule has 4 rings (SSSR count). The molecule has 2 aromatic rings. The molecule has 2 heterocycles. The van der Waals surface area contributed by atoms with E-state index in [2.05, 4.69) is 25.4 Å². The van der Waals surface area contributed by atoms with Crippen molar-refractivity contribution >= 4 is 55.5 Å². The van der Waals surface area contributed by atoms with Crippen molar-refractivity contribution in [3.8, 4) is 5.75 Å². The Labute approximate surface area is 176 Å². The molecule has 0 fully saturated rings. The molecule has 1 N–H and O–H groups in total. The van der Waals surface area contributed by atoms with Crippen molar-refractivity contribution in [1.82, 2.24) is 0 Å². The van der Waals surface area contributed by atoms with Gasteiger partial charge in [-0.3, -0.25) is 0 Å². The van der Waals surface area contributed by atoms with E-state index in [-0.39, 0.29) is 17.0 Å².